The van der Waals surface area contributed by atoms with Gasteiger partial charge in [-0.15, -0.1) is 0 Å². The van der Waals surface area contributed by atoms with Crippen molar-refractivity contribution in [3.63, 3.8) is 0 Å². The third-order valence-corrected chi connectivity index (χ3v) is 6.82. The first-order valence-electron chi connectivity index (χ1n) is 11.4. The summed E-state index contributed by atoms with van der Waals surface area (Å²) in [6.45, 7) is 9.84. The maximum absolute atomic E-state index is 12.5. The summed E-state index contributed by atoms with van der Waals surface area (Å²) in [5.74, 6) is 0.163. The molecule has 0 aliphatic carbocycles. The van der Waals surface area contributed by atoms with Gasteiger partial charge in [0.15, 0.2) is 0 Å². The van der Waals surface area contributed by atoms with Crippen molar-refractivity contribution in [1.29, 1.82) is 0 Å². The molecule has 0 aromatic heterocycles. The molecule has 7 heteroatoms. The van der Waals surface area contributed by atoms with Gasteiger partial charge in [-0.2, -0.15) is 0 Å². The Hall–Kier alpha value is -3.06. The van der Waals surface area contributed by atoms with E-state index >= 15 is 0 Å². The molecule has 7 nitrogen and oxygen atoms in total. The van der Waals surface area contributed by atoms with E-state index < -0.39 is 0 Å². The minimum atomic E-state index is -0.0979. The van der Waals surface area contributed by atoms with E-state index in [-0.39, 0.29) is 29.8 Å². The number of carbonyl (C=O) groups is 2. The average molecular weight is 436 g/mol. The van der Waals surface area contributed by atoms with Gasteiger partial charge in [0.05, 0.1) is 6.04 Å². The van der Waals surface area contributed by atoms with Gasteiger partial charge >= 0.3 is 0 Å². The summed E-state index contributed by atoms with van der Waals surface area (Å²) in [6, 6.07) is 14.1. The molecule has 0 radical (unpaired) electrons. The highest BCUT2D eigenvalue weighted by molar-refractivity contribution is 5.95. The lowest BCUT2D eigenvalue weighted by Gasteiger charge is -2.44. The van der Waals surface area contributed by atoms with Crippen molar-refractivity contribution in [2.75, 3.05) is 48.3 Å². The summed E-state index contributed by atoms with van der Waals surface area (Å²) in [6.07, 6.45) is 0. The van der Waals surface area contributed by atoms with Gasteiger partial charge in [-0.1, -0.05) is 6.92 Å². The van der Waals surface area contributed by atoms with Crippen LogP contribution in [0.25, 0.3) is 0 Å². The molecule has 0 unspecified atom stereocenters. The molecule has 3 atom stereocenters. The zero-order valence-electron chi connectivity index (χ0n) is 19.3. The van der Waals surface area contributed by atoms with Crippen LogP contribution in [0.2, 0.25) is 0 Å². The van der Waals surface area contributed by atoms with Crippen LogP contribution < -0.4 is 25.8 Å². The highest BCUT2D eigenvalue weighted by atomic mass is 16.2. The Kier molecular flexibility index (Phi) is 6.37. The van der Waals surface area contributed by atoms with Crippen molar-refractivity contribution in [3.8, 4) is 0 Å². The molecular weight excluding hydrogens is 402 g/mol. The first-order valence-corrected chi connectivity index (χ1v) is 11.4. The summed E-state index contributed by atoms with van der Waals surface area (Å²) >= 11 is 0. The summed E-state index contributed by atoms with van der Waals surface area (Å²) in [4.78, 5) is 28.8. The van der Waals surface area contributed by atoms with Crippen molar-refractivity contribution < 1.29 is 9.59 Å². The molecule has 2 heterocycles. The molecule has 3 N–H and O–H groups in total. The molecule has 32 heavy (non-hydrogen) atoms. The van der Waals surface area contributed by atoms with Gasteiger partial charge in [0.25, 0.3) is 5.91 Å². The SMILES string of the molecule is CNC(=O)c1ccc(N[C@H]2c3cc(N4CCNCC4)ccc3N(C(C)=O)[C@@H](C)[C@@H]2C)cc1. The molecule has 2 aromatic rings. The van der Waals surface area contributed by atoms with Crippen molar-refractivity contribution in [3.05, 3.63) is 53.6 Å². The Balaban J connectivity index is 1.70. The second kappa shape index (κ2) is 9.20. The van der Waals surface area contributed by atoms with Crippen molar-refractivity contribution in [2.24, 2.45) is 5.92 Å². The molecule has 0 spiro atoms. The summed E-state index contributed by atoms with van der Waals surface area (Å²) in [5, 5.41) is 9.75. The average Bonchev–Trinajstić information content (AvgIpc) is 2.82. The highest BCUT2D eigenvalue weighted by Gasteiger charge is 2.38. The lowest BCUT2D eigenvalue weighted by atomic mass is 9.82. The maximum atomic E-state index is 12.5. The Labute approximate surface area is 190 Å². The second-order valence-corrected chi connectivity index (χ2v) is 8.75. The maximum Gasteiger partial charge on any atom is 0.251 e. The van der Waals surface area contributed by atoms with Gasteiger partial charge in [-0.05, 0) is 49.4 Å². The molecule has 4 rings (SSSR count). The molecule has 2 aliphatic rings. The minimum absolute atomic E-state index is 0.0457. The molecule has 2 aliphatic heterocycles. The second-order valence-electron chi connectivity index (χ2n) is 8.75. The zero-order chi connectivity index (χ0) is 22.8. The van der Waals surface area contributed by atoms with Crippen LogP contribution >= 0.6 is 0 Å². The third kappa shape index (κ3) is 4.17. The number of fused-ring (bicyclic) bond motifs is 1. The summed E-state index contributed by atoms with van der Waals surface area (Å²) in [5.41, 5.74) is 4.89. The first kappa shape index (κ1) is 22.1. The number of nitrogens with one attached hydrogen (secondary N) is 3. The van der Waals surface area contributed by atoms with Crippen LogP contribution in [0, 0.1) is 5.92 Å². The molecule has 170 valence electrons. The highest BCUT2D eigenvalue weighted by Crippen LogP contribution is 2.44. The zero-order valence-corrected chi connectivity index (χ0v) is 19.3. The smallest absolute Gasteiger partial charge is 0.251 e. The van der Waals surface area contributed by atoms with Gasteiger partial charge in [0.2, 0.25) is 5.91 Å². The number of anilines is 3. The van der Waals surface area contributed by atoms with Gasteiger partial charge < -0.3 is 25.8 Å². The van der Waals surface area contributed by atoms with Crippen LogP contribution in [0.1, 0.15) is 42.7 Å². The molecule has 0 saturated carbocycles. The standard InChI is InChI=1S/C25H33N5O2/c1-16-17(2)30(18(3)31)23-10-9-21(29-13-11-27-12-14-29)15-22(23)24(16)28-20-7-5-19(6-8-20)25(32)26-4/h5-10,15-17,24,27-28H,11-14H2,1-4H3,(H,26,32)/t16-,17-,24+/m0/s1. The van der Waals surface area contributed by atoms with E-state index in [0.29, 0.717) is 5.56 Å². The van der Waals surface area contributed by atoms with E-state index in [9.17, 15) is 9.59 Å². The quantitative estimate of drug-likeness (QED) is 0.688. The normalized spacial score (nSPS) is 22.8. The van der Waals surface area contributed by atoms with Crippen molar-refractivity contribution in [1.82, 2.24) is 10.6 Å². The monoisotopic (exact) mass is 435 g/mol. The Bertz CT molecular complexity index is 984. The third-order valence-electron chi connectivity index (χ3n) is 6.82. The fourth-order valence-corrected chi connectivity index (χ4v) is 4.85. The number of benzene rings is 2. The van der Waals surface area contributed by atoms with Gasteiger partial charge in [0, 0.05) is 80.3 Å². The van der Waals surface area contributed by atoms with Crippen LogP contribution in [0.4, 0.5) is 17.1 Å². The van der Waals surface area contributed by atoms with Gasteiger partial charge in [-0.25, -0.2) is 0 Å². The number of piperazine rings is 1. The number of rotatable bonds is 4. The fourth-order valence-electron chi connectivity index (χ4n) is 4.85. The first-order chi connectivity index (χ1) is 15.4. The largest absolute Gasteiger partial charge is 0.378 e. The molecule has 1 fully saturated rings. The molecule has 0 bridgehead atoms. The van der Waals surface area contributed by atoms with Crippen LogP contribution in [0.3, 0.4) is 0 Å². The van der Waals surface area contributed by atoms with Crippen LogP contribution in [-0.2, 0) is 4.79 Å². The van der Waals surface area contributed by atoms with Crippen LogP contribution in [0.5, 0.6) is 0 Å². The minimum Gasteiger partial charge on any atom is -0.378 e. The molecule has 2 amide bonds. The van der Waals surface area contributed by atoms with E-state index in [1.165, 1.54) is 5.69 Å². The van der Waals surface area contributed by atoms with Crippen molar-refractivity contribution >= 4 is 28.9 Å². The number of amides is 2. The molecular formula is C25H33N5O2. The lowest BCUT2D eigenvalue weighted by molar-refractivity contribution is -0.117. The topological polar surface area (TPSA) is 76.7 Å². The van der Waals surface area contributed by atoms with Crippen molar-refractivity contribution in [2.45, 2.75) is 32.9 Å². The molecule has 2 aromatic carbocycles. The fraction of sp³-hybridized carbons (Fsp3) is 0.440. The Morgan fingerprint density at radius 1 is 1.03 bits per heavy atom. The number of hydrogen-bond acceptors (Lipinski definition) is 5. The Morgan fingerprint density at radius 2 is 1.72 bits per heavy atom. The van der Waals surface area contributed by atoms with E-state index in [2.05, 4.69) is 52.9 Å². The summed E-state index contributed by atoms with van der Waals surface area (Å²) < 4.78 is 0. The Morgan fingerprint density at radius 3 is 2.34 bits per heavy atom. The number of hydrogen-bond donors (Lipinski definition) is 3. The number of nitrogens with zero attached hydrogens (tertiary/aromatic N) is 2. The van der Waals surface area contributed by atoms with E-state index in [4.69, 9.17) is 0 Å². The predicted octanol–water partition coefficient (Wildman–Crippen LogP) is 3.00. The molecule has 1 saturated heterocycles. The van der Waals surface area contributed by atoms with Crippen LogP contribution in [-0.4, -0.2) is 51.1 Å². The number of carbonyl (C=O) groups excluding carboxylic acids is 2. The van der Waals surface area contributed by atoms with E-state index in [1.54, 1.807) is 14.0 Å². The van der Waals surface area contributed by atoms with E-state index in [1.807, 2.05) is 29.2 Å². The van der Waals surface area contributed by atoms with Gasteiger partial charge in [0.1, 0.15) is 0 Å². The lowest BCUT2D eigenvalue weighted by Crippen LogP contribution is -2.48. The predicted molar refractivity (Wildman–Crippen MR) is 130 cm³/mol. The van der Waals surface area contributed by atoms with Crippen LogP contribution in [0.15, 0.2) is 42.5 Å². The summed E-state index contributed by atoms with van der Waals surface area (Å²) in [7, 11) is 1.63. The van der Waals surface area contributed by atoms with E-state index in [0.717, 1.165) is 43.1 Å². The van der Waals surface area contributed by atoms with Gasteiger partial charge in [-0.3, -0.25) is 9.59 Å².